The fraction of sp³-hybridized carbons (Fsp3) is 0.294. The van der Waals surface area contributed by atoms with Crippen molar-refractivity contribution in [1.82, 2.24) is 31.1 Å². The molecule has 1 unspecified atom stereocenters. The Balaban J connectivity index is 2.00. The predicted molar refractivity (Wildman–Crippen MR) is 92.6 cm³/mol. The van der Waals surface area contributed by atoms with E-state index in [1.54, 1.807) is 0 Å². The maximum atomic E-state index is 12.5. The molecule has 0 saturated heterocycles. The Morgan fingerprint density at radius 2 is 1.73 bits per heavy atom. The minimum absolute atomic E-state index is 0.106. The lowest BCUT2D eigenvalue weighted by Gasteiger charge is -2.23. The molecule has 0 radical (unpaired) electrons. The number of pyridine rings is 1. The predicted octanol–water partition coefficient (Wildman–Crippen LogP) is 0.477. The van der Waals surface area contributed by atoms with Crippen LogP contribution in [0.25, 0.3) is 0 Å². The van der Waals surface area contributed by atoms with Gasteiger partial charge in [0.1, 0.15) is 11.7 Å². The summed E-state index contributed by atoms with van der Waals surface area (Å²) in [5.74, 6) is -1.68. The number of hydrogen-bond donors (Lipinski definition) is 3. The molecule has 136 valence electrons. The van der Waals surface area contributed by atoms with Crippen LogP contribution in [0.3, 0.4) is 0 Å². The Morgan fingerprint density at radius 3 is 2.35 bits per heavy atom. The normalized spacial score (nSPS) is 12.5. The van der Waals surface area contributed by atoms with Crippen LogP contribution in [0, 0.1) is 5.92 Å². The first-order chi connectivity index (χ1) is 12.5. The summed E-state index contributed by atoms with van der Waals surface area (Å²) >= 11 is 0. The maximum absolute atomic E-state index is 12.5. The first-order valence-electron chi connectivity index (χ1n) is 8.10. The van der Waals surface area contributed by atoms with Crippen LogP contribution in [0.15, 0.2) is 43.1 Å². The summed E-state index contributed by atoms with van der Waals surface area (Å²) in [5, 5.41) is 2.63. The summed E-state index contributed by atoms with van der Waals surface area (Å²) in [5.41, 5.74) is 5.13. The molecule has 0 aliphatic rings. The maximum Gasteiger partial charge on any atom is 0.272 e. The van der Waals surface area contributed by atoms with Gasteiger partial charge in [-0.3, -0.25) is 35.2 Å². The number of nitrogens with one attached hydrogen (secondary N) is 3. The molecule has 2 aromatic heterocycles. The smallest absolute Gasteiger partial charge is 0.272 e. The molecule has 3 amide bonds. The van der Waals surface area contributed by atoms with Crippen LogP contribution in [-0.4, -0.2) is 38.7 Å². The minimum Gasteiger partial charge on any atom is -0.339 e. The van der Waals surface area contributed by atoms with Crippen molar-refractivity contribution < 1.29 is 14.4 Å². The largest absolute Gasteiger partial charge is 0.339 e. The Hall–Kier alpha value is -3.36. The summed E-state index contributed by atoms with van der Waals surface area (Å²) in [6, 6.07) is 2.19. The third-order valence-electron chi connectivity index (χ3n) is 3.82. The fourth-order valence-corrected chi connectivity index (χ4v) is 2.11. The average molecular weight is 356 g/mol. The molecule has 2 atom stereocenters. The van der Waals surface area contributed by atoms with Gasteiger partial charge in [0.25, 0.3) is 17.7 Å². The fourth-order valence-electron chi connectivity index (χ4n) is 2.11. The molecule has 2 aromatic rings. The molecule has 2 heterocycles. The molecule has 9 heteroatoms. The van der Waals surface area contributed by atoms with Crippen molar-refractivity contribution in [2.75, 3.05) is 0 Å². The highest BCUT2D eigenvalue weighted by atomic mass is 16.2. The van der Waals surface area contributed by atoms with Crippen LogP contribution in [0.2, 0.25) is 0 Å². The molecule has 0 aromatic carbocycles. The van der Waals surface area contributed by atoms with Crippen molar-refractivity contribution in [2.45, 2.75) is 26.3 Å². The van der Waals surface area contributed by atoms with E-state index >= 15 is 0 Å². The van der Waals surface area contributed by atoms with Crippen LogP contribution >= 0.6 is 0 Å². The van der Waals surface area contributed by atoms with Gasteiger partial charge in [0.15, 0.2) is 0 Å². The van der Waals surface area contributed by atoms with Gasteiger partial charge < -0.3 is 5.32 Å². The van der Waals surface area contributed by atoms with Crippen molar-refractivity contribution >= 4 is 17.7 Å². The van der Waals surface area contributed by atoms with Crippen LogP contribution < -0.4 is 16.2 Å². The van der Waals surface area contributed by atoms with Crippen molar-refractivity contribution in [2.24, 2.45) is 5.92 Å². The summed E-state index contributed by atoms with van der Waals surface area (Å²) in [4.78, 5) is 48.3. The molecular formula is C17H20N6O3. The van der Waals surface area contributed by atoms with Crippen molar-refractivity contribution in [1.29, 1.82) is 0 Å². The van der Waals surface area contributed by atoms with Crippen molar-refractivity contribution in [3.63, 3.8) is 0 Å². The number of hydrazine groups is 1. The Labute approximate surface area is 150 Å². The van der Waals surface area contributed by atoms with Gasteiger partial charge in [-0.05, 0) is 18.1 Å². The molecule has 0 saturated carbocycles. The number of hydrogen-bond acceptors (Lipinski definition) is 6. The van der Waals surface area contributed by atoms with Gasteiger partial charge in [-0.1, -0.05) is 20.3 Å². The third kappa shape index (κ3) is 5.07. The summed E-state index contributed by atoms with van der Waals surface area (Å²) in [7, 11) is 0. The van der Waals surface area contributed by atoms with E-state index in [0.717, 1.165) is 0 Å². The van der Waals surface area contributed by atoms with Gasteiger partial charge in [-0.2, -0.15) is 0 Å². The molecule has 0 fully saturated rings. The van der Waals surface area contributed by atoms with Crippen LogP contribution in [-0.2, 0) is 4.79 Å². The van der Waals surface area contributed by atoms with E-state index in [4.69, 9.17) is 0 Å². The molecule has 3 N–H and O–H groups in total. The second kappa shape index (κ2) is 9.21. The van der Waals surface area contributed by atoms with Crippen molar-refractivity contribution in [3.05, 3.63) is 54.4 Å². The Morgan fingerprint density at radius 1 is 1.00 bits per heavy atom. The minimum atomic E-state index is -0.841. The van der Waals surface area contributed by atoms with Crippen LogP contribution in [0.5, 0.6) is 0 Å². The van der Waals surface area contributed by atoms with E-state index in [1.165, 1.54) is 43.1 Å². The lowest BCUT2D eigenvalue weighted by atomic mass is 9.98. The lowest BCUT2D eigenvalue weighted by Crippen LogP contribution is -2.54. The van der Waals surface area contributed by atoms with Gasteiger partial charge >= 0.3 is 0 Å². The third-order valence-corrected chi connectivity index (χ3v) is 3.82. The van der Waals surface area contributed by atoms with E-state index < -0.39 is 23.8 Å². The zero-order valence-corrected chi connectivity index (χ0v) is 14.5. The molecular weight excluding hydrogens is 336 g/mol. The molecule has 0 spiro atoms. The lowest BCUT2D eigenvalue weighted by molar-refractivity contribution is -0.124. The first-order valence-corrected chi connectivity index (χ1v) is 8.10. The number of aromatic nitrogens is 3. The highest BCUT2D eigenvalue weighted by molar-refractivity contribution is 5.98. The highest BCUT2D eigenvalue weighted by Crippen LogP contribution is 2.09. The molecule has 2 rings (SSSR count). The quantitative estimate of drug-likeness (QED) is 0.646. The SMILES string of the molecule is CCC(C)[C@@H](NC(=O)c1cnccn1)C(=O)NNC(=O)c1ccncc1. The Kier molecular flexibility index (Phi) is 6.72. The van der Waals surface area contributed by atoms with Gasteiger partial charge in [-0.25, -0.2) is 4.98 Å². The summed E-state index contributed by atoms with van der Waals surface area (Å²) in [6.07, 6.45) is 7.75. The van der Waals surface area contributed by atoms with Crippen LogP contribution in [0.1, 0.15) is 41.1 Å². The van der Waals surface area contributed by atoms with Gasteiger partial charge in [-0.15, -0.1) is 0 Å². The van der Waals surface area contributed by atoms with E-state index in [2.05, 4.69) is 31.1 Å². The number of rotatable bonds is 6. The van der Waals surface area contributed by atoms with E-state index in [9.17, 15) is 14.4 Å². The standard InChI is InChI=1S/C17H20N6O3/c1-3-11(2)14(21-16(25)13-10-19-8-9-20-13)17(26)23-22-15(24)12-4-6-18-7-5-12/h4-11,14H,3H2,1-2H3,(H,21,25)(H,22,24)(H,23,26)/t11?,14-/m1/s1. The van der Waals surface area contributed by atoms with Crippen molar-refractivity contribution in [3.8, 4) is 0 Å². The van der Waals surface area contributed by atoms with E-state index in [0.29, 0.717) is 12.0 Å². The van der Waals surface area contributed by atoms with Gasteiger partial charge in [0, 0.05) is 30.4 Å². The van der Waals surface area contributed by atoms with Gasteiger partial charge in [0.05, 0.1) is 6.20 Å². The van der Waals surface area contributed by atoms with E-state index in [-0.39, 0.29) is 11.6 Å². The zero-order valence-electron chi connectivity index (χ0n) is 14.5. The van der Waals surface area contributed by atoms with E-state index in [1.807, 2.05) is 13.8 Å². The number of amides is 3. The Bertz CT molecular complexity index is 754. The molecule has 0 aliphatic carbocycles. The molecule has 9 nitrogen and oxygen atoms in total. The summed E-state index contributed by atoms with van der Waals surface area (Å²) < 4.78 is 0. The molecule has 0 bridgehead atoms. The zero-order chi connectivity index (χ0) is 18.9. The van der Waals surface area contributed by atoms with Crippen LogP contribution in [0.4, 0.5) is 0 Å². The topological polar surface area (TPSA) is 126 Å². The highest BCUT2D eigenvalue weighted by Gasteiger charge is 2.27. The number of carbonyl (C=O) groups excluding carboxylic acids is 3. The summed E-state index contributed by atoms with van der Waals surface area (Å²) in [6.45, 7) is 3.72. The monoisotopic (exact) mass is 356 g/mol. The average Bonchev–Trinajstić information content (AvgIpc) is 2.70. The molecule has 26 heavy (non-hydrogen) atoms. The molecule has 0 aliphatic heterocycles. The van der Waals surface area contributed by atoms with Gasteiger partial charge in [0.2, 0.25) is 0 Å². The first kappa shape index (κ1) is 19.0. The number of nitrogens with zero attached hydrogens (tertiary/aromatic N) is 3. The second-order valence-electron chi connectivity index (χ2n) is 5.61. The number of carbonyl (C=O) groups is 3. The second-order valence-corrected chi connectivity index (χ2v) is 5.61.